The minimum atomic E-state index is 0.312. The van der Waals surface area contributed by atoms with Gasteiger partial charge in [0.1, 0.15) is 12.4 Å². The highest BCUT2D eigenvalue weighted by molar-refractivity contribution is 6.32. The third-order valence-electron chi connectivity index (χ3n) is 5.53. The standard InChI is InChI=1S/C21H32ClN3O2/c22-19-8-4-5-9-20(19)27-17-16-23-12-14-24(15-13-23)18-21(26)25-10-6-2-1-3-7-11-25/h4-5,8-9H,1-3,6-7,10-18H2. The maximum Gasteiger partial charge on any atom is 0.236 e. The number of para-hydroxylation sites is 1. The molecule has 0 radical (unpaired) electrons. The molecule has 3 rings (SSSR count). The van der Waals surface area contributed by atoms with Crippen LogP contribution in [0.3, 0.4) is 0 Å². The fourth-order valence-corrected chi connectivity index (χ4v) is 4.00. The zero-order valence-electron chi connectivity index (χ0n) is 16.2. The van der Waals surface area contributed by atoms with Crippen LogP contribution in [0.2, 0.25) is 5.02 Å². The van der Waals surface area contributed by atoms with E-state index in [2.05, 4.69) is 14.7 Å². The van der Waals surface area contributed by atoms with Crippen LogP contribution in [0.15, 0.2) is 24.3 Å². The van der Waals surface area contributed by atoms with Gasteiger partial charge in [-0.2, -0.15) is 0 Å². The molecule has 0 aromatic heterocycles. The van der Waals surface area contributed by atoms with E-state index in [0.29, 0.717) is 24.1 Å². The molecule has 0 aliphatic carbocycles. The molecule has 2 heterocycles. The minimum Gasteiger partial charge on any atom is -0.491 e. The van der Waals surface area contributed by atoms with E-state index in [1.807, 2.05) is 24.3 Å². The van der Waals surface area contributed by atoms with Gasteiger partial charge >= 0.3 is 0 Å². The van der Waals surface area contributed by atoms with Crippen molar-refractivity contribution in [3.63, 3.8) is 0 Å². The van der Waals surface area contributed by atoms with Crippen molar-refractivity contribution in [2.75, 3.05) is 59.0 Å². The minimum absolute atomic E-state index is 0.312. The van der Waals surface area contributed by atoms with Crippen molar-refractivity contribution >= 4 is 17.5 Å². The summed E-state index contributed by atoms with van der Waals surface area (Å²) >= 11 is 6.12. The molecule has 0 atom stereocenters. The predicted molar refractivity (Wildman–Crippen MR) is 109 cm³/mol. The van der Waals surface area contributed by atoms with Crippen LogP contribution in [-0.4, -0.2) is 79.6 Å². The third kappa shape index (κ3) is 6.66. The first-order valence-electron chi connectivity index (χ1n) is 10.3. The fraction of sp³-hybridized carbons (Fsp3) is 0.667. The molecule has 0 unspecified atom stereocenters. The van der Waals surface area contributed by atoms with Crippen molar-refractivity contribution in [1.82, 2.24) is 14.7 Å². The summed E-state index contributed by atoms with van der Waals surface area (Å²) in [6.45, 7) is 7.85. The monoisotopic (exact) mass is 393 g/mol. The molecule has 27 heavy (non-hydrogen) atoms. The number of halogens is 1. The van der Waals surface area contributed by atoms with Crippen molar-refractivity contribution in [2.45, 2.75) is 32.1 Å². The van der Waals surface area contributed by atoms with Gasteiger partial charge in [0.25, 0.3) is 0 Å². The van der Waals surface area contributed by atoms with Gasteiger partial charge in [-0.3, -0.25) is 14.6 Å². The van der Waals surface area contributed by atoms with Gasteiger partial charge in [0.15, 0.2) is 0 Å². The zero-order valence-corrected chi connectivity index (χ0v) is 17.0. The van der Waals surface area contributed by atoms with Crippen molar-refractivity contribution in [3.05, 3.63) is 29.3 Å². The molecule has 1 amide bonds. The Bertz CT molecular complexity index is 583. The van der Waals surface area contributed by atoms with E-state index >= 15 is 0 Å². The van der Waals surface area contributed by atoms with Crippen molar-refractivity contribution in [2.24, 2.45) is 0 Å². The highest BCUT2D eigenvalue weighted by Gasteiger charge is 2.22. The maximum atomic E-state index is 12.6. The van der Waals surface area contributed by atoms with E-state index in [1.54, 1.807) is 0 Å². The number of ether oxygens (including phenoxy) is 1. The summed E-state index contributed by atoms with van der Waals surface area (Å²) in [6.07, 6.45) is 6.16. The van der Waals surface area contributed by atoms with E-state index < -0.39 is 0 Å². The van der Waals surface area contributed by atoms with E-state index in [4.69, 9.17) is 16.3 Å². The molecule has 0 N–H and O–H groups in total. The van der Waals surface area contributed by atoms with Gasteiger partial charge in [0.05, 0.1) is 11.6 Å². The highest BCUT2D eigenvalue weighted by Crippen LogP contribution is 2.22. The first-order chi connectivity index (χ1) is 13.2. The molecule has 2 aliphatic heterocycles. The summed E-state index contributed by atoms with van der Waals surface area (Å²) in [5.74, 6) is 1.06. The Labute approximate surface area is 168 Å². The lowest BCUT2D eigenvalue weighted by Gasteiger charge is -2.35. The maximum absolute atomic E-state index is 12.6. The van der Waals surface area contributed by atoms with Gasteiger partial charge in [-0.15, -0.1) is 0 Å². The number of carbonyl (C=O) groups excluding carboxylic acids is 1. The van der Waals surface area contributed by atoms with Crippen molar-refractivity contribution < 1.29 is 9.53 Å². The number of amides is 1. The second-order valence-electron chi connectivity index (χ2n) is 7.55. The summed E-state index contributed by atoms with van der Waals surface area (Å²) < 4.78 is 5.78. The van der Waals surface area contributed by atoms with Gasteiger partial charge in [-0.05, 0) is 25.0 Å². The van der Waals surface area contributed by atoms with E-state index in [-0.39, 0.29) is 0 Å². The molecule has 2 saturated heterocycles. The number of likely N-dealkylation sites (tertiary alicyclic amines) is 1. The Morgan fingerprint density at radius 1 is 0.889 bits per heavy atom. The van der Waals surface area contributed by atoms with Crippen LogP contribution >= 0.6 is 11.6 Å². The molecule has 1 aromatic rings. The summed E-state index contributed by atoms with van der Waals surface area (Å²) in [6, 6.07) is 7.58. The Hall–Kier alpha value is -1.30. The SMILES string of the molecule is O=C(CN1CCN(CCOc2ccccc2Cl)CC1)N1CCCCCCC1. The molecular weight excluding hydrogens is 362 g/mol. The van der Waals surface area contributed by atoms with Crippen LogP contribution in [0.4, 0.5) is 0 Å². The molecule has 2 aliphatic rings. The van der Waals surface area contributed by atoms with Crippen LogP contribution in [0.1, 0.15) is 32.1 Å². The summed E-state index contributed by atoms with van der Waals surface area (Å²) in [5.41, 5.74) is 0. The number of piperazine rings is 1. The Morgan fingerprint density at radius 3 is 2.22 bits per heavy atom. The largest absolute Gasteiger partial charge is 0.491 e. The van der Waals surface area contributed by atoms with Crippen LogP contribution in [0.25, 0.3) is 0 Å². The van der Waals surface area contributed by atoms with Crippen LogP contribution in [0, 0.1) is 0 Å². The summed E-state index contributed by atoms with van der Waals surface area (Å²) in [5, 5.41) is 0.657. The molecule has 2 fully saturated rings. The quantitative estimate of drug-likeness (QED) is 0.744. The van der Waals surface area contributed by atoms with E-state index in [0.717, 1.165) is 64.4 Å². The lowest BCUT2D eigenvalue weighted by Crippen LogP contribution is -2.51. The lowest BCUT2D eigenvalue weighted by atomic mass is 10.1. The van der Waals surface area contributed by atoms with Gasteiger partial charge in [0, 0.05) is 45.8 Å². The summed E-state index contributed by atoms with van der Waals surface area (Å²) in [4.78, 5) is 19.4. The third-order valence-corrected chi connectivity index (χ3v) is 5.85. The molecule has 0 saturated carbocycles. The Balaban J connectivity index is 1.33. The van der Waals surface area contributed by atoms with E-state index in [9.17, 15) is 4.79 Å². The first kappa shape index (κ1) is 20.4. The average Bonchev–Trinajstić information content (AvgIpc) is 2.64. The van der Waals surface area contributed by atoms with Crippen LogP contribution in [0.5, 0.6) is 5.75 Å². The first-order valence-corrected chi connectivity index (χ1v) is 10.7. The Morgan fingerprint density at radius 2 is 1.52 bits per heavy atom. The van der Waals surface area contributed by atoms with Crippen LogP contribution in [-0.2, 0) is 4.79 Å². The van der Waals surface area contributed by atoms with Crippen LogP contribution < -0.4 is 4.74 Å². The number of benzene rings is 1. The smallest absolute Gasteiger partial charge is 0.236 e. The molecule has 0 bridgehead atoms. The number of hydrogen-bond acceptors (Lipinski definition) is 4. The molecule has 5 nitrogen and oxygen atoms in total. The molecule has 150 valence electrons. The number of hydrogen-bond donors (Lipinski definition) is 0. The van der Waals surface area contributed by atoms with Crippen molar-refractivity contribution in [1.29, 1.82) is 0 Å². The second kappa shape index (κ2) is 10.9. The number of carbonyl (C=O) groups is 1. The second-order valence-corrected chi connectivity index (χ2v) is 7.95. The fourth-order valence-electron chi connectivity index (χ4n) is 3.81. The van der Waals surface area contributed by atoms with Gasteiger partial charge in [-0.1, -0.05) is 43.0 Å². The van der Waals surface area contributed by atoms with Gasteiger partial charge < -0.3 is 9.64 Å². The average molecular weight is 394 g/mol. The molecule has 6 heteroatoms. The van der Waals surface area contributed by atoms with Crippen molar-refractivity contribution in [3.8, 4) is 5.75 Å². The molecule has 0 spiro atoms. The lowest BCUT2D eigenvalue weighted by molar-refractivity contribution is -0.133. The van der Waals surface area contributed by atoms with E-state index in [1.165, 1.54) is 19.3 Å². The number of nitrogens with zero attached hydrogens (tertiary/aromatic N) is 3. The molecule has 1 aromatic carbocycles. The van der Waals surface area contributed by atoms with Gasteiger partial charge in [0.2, 0.25) is 5.91 Å². The summed E-state index contributed by atoms with van der Waals surface area (Å²) in [7, 11) is 0. The van der Waals surface area contributed by atoms with Gasteiger partial charge in [-0.25, -0.2) is 0 Å². The predicted octanol–water partition coefficient (Wildman–Crippen LogP) is 3.13. The number of rotatable bonds is 6. The molecular formula is C21H32ClN3O2. The highest BCUT2D eigenvalue weighted by atomic mass is 35.5. The topological polar surface area (TPSA) is 36.0 Å². The zero-order chi connectivity index (χ0) is 18.9. The normalized spacial score (nSPS) is 20.1. The Kier molecular flexibility index (Phi) is 8.24.